The predicted molar refractivity (Wildman–Crippen MR) is 109 cm³/mol. The Bertz CT molecular complexity index is 1100. The van der Waals surface area contributed by atoms with E-state index in [1.54, 1.807) is 26.0 Å². The fourth-order valence-electron chi connectivity index (χ4n) is 3.04. The average molecular weight is 401 g/mol. The van der Waals surface area contributed by atoms with E-state index in [-0.39, 0.29) is 24.2 Å². The van der Waals surface area contributed by atoms with Gasteiger partial charge in [0.15, 0.2) is 5.69 Å². The largest absolute Gasteiger partial charge is 0.347 e. The van der Waals surface area contributed by atoms with Crippen LogP contribution >= 0.6 is 0 Å². The van der Waals surface area contributed by atoms with Crippen molar-refractivity contribution in [2.75, 3.05) is 0 Å². The van der Waals surface area contributed by atoms with Crippen LogP contribution in [-0.4, -0.2) is 30.6 Å². The highest BCUT2D eigenvalue weighted by Crippen LogP contribution is 2.18. The molecule has 8 heteroatoms. The first-order valence-corrected chi connectivity index (χ1v) is 10.7. The van der Waals surface area contributed by atoms with E-state index in [2.05, 4.69) is 20.2 Å². The lowest BCUT2D eigenvalue weighted by Crippen LogP contribution is -2.32. The van der Waals surface area contributed by atoms with Crippen molar-refractivity contribution in [3.05, 3.63) is 64.8 Å². The van der Waals surface area contributed by atoms with Crippen molar-refractivity contribution in [2.45, 2.75) is 39.1 Å². The molecule has 28 heavy (non-hydrogen) atoms. The molecule has 3 N–H and O–H groups in total. The number of nitrogens with zero attached hydrogens (tertiary/aromatic N) is 1. The van der Waals surface area contributed by atoms with Gasteiger partial charge in [-0.15, -0.1) is 0 Å². The summed E-state index contributed by atoms with van der Waals surface area (Å²) in [7, 11) is -3.45. The van der Waals surface area contributed by atoms with Crippen LogP contribution in [0.5, 0.6) is 0 Å². The zero-order valence-electron chi connectivity index (χ0n) is 16.1. The maximum Gasteiger partial charge on any atom is 0.272 e. The van der Waals surface area contributed by atoms with Crippen LogP contribution in [0.4, 0.5) is 0 Å². The van der Waals surface area contributed by atoms with E-state index >= 15 is 0 Å². The summed E-state index contributed by atoms with van der Waals surface area (Å²) in [5.74, 6) is -0.448. The summed E-state index contributed by atoms with van der Waals surface area (Å²) in [6.45, 7) is 5.72. The van der Waals surface area contributed by atoms with Gasteiger partial charge >= 0.3 is 0 Å². The number of H-pyrrole nitrogens is 1. The quantitative estimate of drug-likeness (QED) is 0.567. The predicted octanol–water partition coefficient (Wildman–Crippen LogP) is 2.63. The van der Waals surface area contributed by atoms with Crippen molar-refractivity contribution in [1.82, 2.24) is 20.2 Å². The molecule has 0 aliphatic heterocycles. The first-order valence-electron chi connectivity index (χ1n) is 9.05. The minimum absolute atomic E-state index is 0.137. The van der Waals surface area contributed by atoms with E-state index in [1.165, 1.54) is 0 Å². The molecule has 0 saturated carbocycles. The van der Waals surface area contributed by atoms with Crippen LogP contribution in [0.25, 0.3) is 10.9 Å². The van der Waals surface area contributed by atoms with Crippen LogP contribution in [0.2, 0.25) is 0 Å². The standard InChI is InChI=1S/C20H24N4O3S/c1-13(2)24-28(26,27)12-16-7-5-4-6-15(16)11-21-20(25)19-17-10-14(3)8-9-18(17)22-23-19/h4-10,13,24H,11-12H2,1-3H3,(H,21,25)(H,22,23). The van der Waals surface area contributed by atoms with Crippen LogP contribution in [0, 0.1) is 6.92 Å². The van der Waals surface area contributed by atoms with Gasteiger partial charge in [0.05, 0.1) is 11.3 Å². The molecule has 0 unspecified atom stereocenters. The second kappa shape index (κ2) is 8.12. The van der Waals surface area contributed by atoms with E-state index in [0.717, 1.165) is 22.0 Å². The van der Waals surface area contributed by atoms with Crippen LogP contribution < -0.4 is 10.0 Å². The lowest BCUT2D eigenvalue weighted by Gasteiger charge is -2.13. The zero-order chi connectivity index (χ0) is 20.3. The Morgan fingerprint density at radius 2 is 1.86 bits per heavy atom. The summed E-state index contributed by atoms with van der Waals surface area (Å²) in [6.07, 6.45) is 0. The smallest absolute Gasteiger partial charge is 0.272 e. The van der Waals surface area contributed by atoms with E-state index < -0.39 is 10.0 Å². The van der Waals surface area contributed by atoms with Crippen LogP contribution in [0.3, 0.4) is 0 Å². The third kappa shape index (κ3) is 4.76. The lowest BCUT2D eigenvalue weighted by atomic mass is 10.1. The molecule has 3 aromatic rings. The number of aryl methyl sites for hydroxylation is 1. The summed E-state index contributed by atoms with van der Waals surface area (Å²) >= 11 is 0. The van der Waals surface area contributed by atoms with Gasteiger partial charge in [-0.25, -0.2) is 13.1 Å². The van der Waals surface area contributed by atoms with Crippen molar-refractivity contribution < 1.29 is 13.2 Å². The number of carbonyl (C=O) groups excluding carboxylic acids is 1. The molecule has 2 aromatic carbocycles. The fourth-order valence-corrected chi connectivity index (χ4v) is 4.53. The molecular weight excluding hydrogens is 376 g/mol. The zero-order valence-corrected chi connectivity index (χ0v) is 16.9. The highest BCUT2D eigenvalue weighted by molar-refractivity contribution is 7.88. The molecule has 7 nitrogen and oxygen atoms in total. The Kier molecular flexibility index (Phi) is 5.81. The van der Waals surface area contributed by atoms with Gasteiger partial charge in [0, 0.05) is 18.0 Å². The second-order valence-corrected chi connectivity index (χ2v) is 8.86. The Balaban J connectivity index is 1.76. The number of aromatic amines is 1. The highest BCUT2D eigenvalue weighted by Gasteiger charge is 2.17. The SMILES string of the molecule is Cc1ccc2[nH]nc(C(=O)NCc3ccccc3CS(=O)(=O)NC(C)C)c2c1. The van der Waals surface area contributed by atoms with Crippen LogP contribution in [-0.2, 0) is 22.3 Å². The Morgan fingerprint density at radius 3 is 2.57 bits per heavy atom. The summed E-state index contributed by atoms with van der Waals surface area (Å²) < 4.78 is 27.1. The number of fused-ring (bicyclic) bond motifs is 1. The van der Waals surface area contributed by atoms with Crippen molar-refractivity contribution in [2.24, 2.45) is 0 Å². The molecule has 1 amide bonds. The molecule has 0 bridgehead atoms. The van der Waals surface area contributed by atoms with Crippen LogP contribution in [0.1, 0.15) is 41.0 Å². The van der Waals surface area contributed by atoms with Crippen molar-refractivity contribution >= 4 is 26.8 Å². The third-order valence-corrected chi connectivity index (χ3v) is 5.77. The number of sulfonamides is 1. The Labute approximate surface area is 164 Å². The van der Waals surface area contributed by atoms with E-state index in [0.29, 0.717) is 11.3 Å². The van der Waals surface area contributed by atoms with Gasteiger partial charge in [-0.2, -0.15) is 5.10 Å². The third-order valence-electron chi connectivity index (χ3n) is 4.25. The monoisotopic (exact) mass is 400 g/mol. The molecule has 0 radical (unpaired) electrons. The van der Waals surface area contributed by atoms with Crippen LogP contribution in [0.15, 0.2) is 42.5 Å². The second-order valence-electron chi connectivity index (χ2n) is 7.10. The molecule has 0 saturated heterocycles. The molecule has 0 fully saturated rings. The lowest BCUT2D eigenvalue weighted by molar-refractivity contribution is 0.0947. The fraction of sp³-hybridized carbons (Fsp3) is 0.300. The number of carbonyl (C=O) groups is 1. The van der Waals surface area contributed by atoms with Gasteiger partial charge in [0.2, 0.25) is 10.0 Å². The molecule has 148 valence electrons. The first kappa shape index (κ1) is 20.0. The normalized spacial score (nSPS) is 11.9. The molecule has 1 aromatic heterocycles. The first-order chi connectivity index (χ1) is 13.2. The average Bonchev–Trinajstić information content (AvgIpc) is 3.02. The topological polar surface area (TPSA) is 104 Å². The molecule has 0 aliphatic carbocycles. The van der Waals surface area contributed by atoms with Gasteiger partial charge in [-0.3, -0.25) is 9.89 Å². The van der Waals surface area contributed by atoms with E-state index in [9.17, 15) is 13.2 Å². The number of nitrogens with one attached hydrogen (secondary N) is 3. The molecule has 3 rings (SSSR count). The Hall–Kier alpha value is -2.71. The van der Waals surface area contributed by atoms with Gasteiger partial charge in [0.25, 0.3) is 5.91 Å². The summed E-state index contributed by atoms with van der Waals surface area (Å²) in [5.41, 5.74) is 3.56. The van der Waals surface area contributed by atoms with Gasteiger partial charge in [-0.05, 0) is 44.0 Å². The van der Waals surface area contributed by atoms with E-state index in [4.69, 9.17) is 0 Å². The Morgan fingerprint density at radius 1 is 1.14 bits per heavy atom. The number of hydrogen-bond acceptors (Lipinski definition) is 4. The van der Waals surface area contributed by atoms with Gasteiger partial charge in [0.1, 0.15) is 0 Å². The molecule has 0 atom stereocenters. The van der Waals surface area contributed by atoms with Crippen molar-refractivity contribution in [3.63, 3.8) is 0 Å². The minimum atomic E-state index is -3.45. The maximum atomic E-state index is 12.6. The molecule has 0 spiro atoms. The molecular formula is C20H24N4O3S. The highest BCUT2D eigenvalue weighted by atomic mass is 32.2. The number of amides is 1. The number of rotatable bonds is 7. The van der Waals surface area contributed by atoms with E-state index in [1.807, 2.05) is 37.3 Å². The number of hydrogen-bond donors (Lipinski definition) is 3. The number of benzene rings is 2. The summed E-state index contributed by atoms with van der Waals surface area (Å²) in [6, 6.07) is 12.7. The maximum absolute atomic E-state index is 12.6. The summed E-state index contributed by atoms with van der Waals surface area (Å²) in [4.78, 5) is 12.6. The summed E-state index contributed by atoms with van der Waals surface area (Å²) in [5, 5.41) is 10.6. The molecule has 0 aliphatic rings. The molecule has 1 heterocycles. The van der Waals surface area contributed by atoms with Gasteiger partial charge < -0.3 is 5.32 Å². The van der Waals surface area contributed by atoms with Crippen molar-refractivity contribution in [1.29, 1.82) is 0 Å². The minimum Gasteiger partial charge on any atom is -0.347 e. The van der Waals surface area contributed by atoms with Crippen molar-refractivity contribution in [3.8, 4) is 0 Å². The number of aromatic nitrogens is 2. The van der Waals surface area contributed by atoms with Gasteiger partial charge in [-0.1, -0.05) is 35.9 Å².